The molecule has 2 amide bonds. The molecule has 2 saturated heterocycles. The largest absolute Gasteiger partial charge is 0.493 e. The summed E-state index contributed by atoms with van der Waals surface area (Å²) in [5.74, 6) is -1.41. The van der Waals surface area contributed by atoms with E-state index < -0.39 is 63.3 Å². The van der Waals surface area contributed by atoms with Gasteiger partial charge in [0.25, 0.3) is 37.5 Å². The lowest BCUT2D eigenvalue weighted by Gasteiger charge is -2.39. The Morgan fingerprint density at radius 1 is 0.547 bits per heavy atom. The van der Waals surface area contributed by atoms with Crippen molar-refractivity contribution >= 4 is 133 Å². The standard InChI is InChI=1S/C48H46ClN9O7S.C46H47ClN8O6S/c1-48(2)14-12-32(39(26-48)30-6-8-33(49)9-7-30)28-55-17-19-56(20-18-55)35-10-11-38(41(23-35)57-42-21-31-13-16-51-46(31)53-40(42)27-52-57)47(59)54-66(62,63)37-24-43(58(60)61)45-44(25-37)64-29-36(65-45)22-34-5-3-4-15-50-34;1-46(2)13-11-31(38(24-46)29-5-7-33(47)8-6-29)26-52-15-17-53(18-16-52)34-9-10-36(40(21-34)54-42-20-30-12-14-48-44(30)50-39(42)25-49-54)45(56)51-62(59,60)35-22-41(55(57)58)37-19-32(28-3-4-28)27-61-43(37)23-35/h3-11,13,15-16,21,23-25,27,36,52H,12,14,17-20,22,26,28-29H2,1-2H3,(H,54,59);5-10,12,14,20-23,25,28,32,49H,3-4,11,13,15-19,24,26-27H2,1-2H3,(H,51,56)/t36-;32-/m01/s1. The summed E-state index contributed by atoms with van der Waals surface area (Å²) < 4.78 is 81.5. The van der Waals surface area contributed by atoms with Crippen LogP contribution in [0.4, 0.5) is 22.7 Å². The maximum absolute atomic E-state index is 14.3. The number of nitro groups is 2. The molecule has 2 atom stereocenters. The van der Waals surface area contributed by atoms with Gasteiger partial charge in [-0.2, -0.15) is 0 Å². The van der Waals surface area contributed by atoms with E-state index in [1.807, 2.05) is 78.9 Å². The van der Waals surface area contributed by atoms with Gasteiger partial charge >= 0.3 is 5.69 Å². The molecule has 34 heteroatoms. The van der Waals surface area contributed by atoms with E-state index in [0.29, 0.717) is 81.4 Å². The number of amides is 2. The van der Waals surface area contributed by atoms with Gasteiger partial charge in [-0.15, -0.1) is 0 Å². The predicted octanol–water partition coefficient (Wildman–Crippen LogP) is 16.5. The Hall–Kier alpha value is -12.6. The Morgan fingerprint density at radius 2 is 1.03 bits per heavy atom. The molecule has 4 N–H and O–H groups in total. The number of carbonyl (C=O) groups excluding carboxylic acids is 2. The van der Waals surface area contributed by atoms with Crippen molar-refractivity contribution in [3.8, 4) is 28.6 Å². The topological polar surface area (TPSA) is 359 Å². The van der Waals surface area contributed by atoms with Crippen molar-refractivity contribution in [3.05, 3.63) is 258 Å². The molecule has 7 aromatic heterocycles. The van der Waals surface area contributed by atoms with Gasteiger partial charge in [0.1, 0.15) is 29.5 Å². The number of ether oxygens (including phenoxy) is 3. The normalized spacial score (nSPS) is 18.5. The minimum absolute atomic E-state index is 0.00749. The molecule has 6 aromatic carbocycles. The molecule has 13 aromatic rings. The first kappa shape index (κ1) is 84.9. The third-order valence-corrected chi connectivity index (χ3v) is 29.0. The van der Waals surface area contributed by atoms with Crippen molar-refractivity contribution in [3.63, 3.8) is 0 Å². The molecule has 658 valence electrons. The van der Waals surface area contributed by atoms with Crippen LogP contribution in [-0.4, -0.2) is 178 Å². The zero-order valence-corrected chi connectivity index (χ0v) is 73.9. The number of fused-ring (bicyclic) bond motifs is 6. The van der Waals surface area contributed by atoms with Crippen molar-refractivity contribution in [2.75, 3.05) is 88.5 Å². The van der Waals surface area contributed by atoms with Crippen molar-refractivity contribution in [2.24, 2.45) is 22.7 Å². The van der Waals surface area contributed by atoms with Crippen LogP contribution in [0.3, 0.4) is 0 Å². The van der Waals surface area contributed by atoms with Crippen LogP contribution < -0.4 is 33.5 Å². The quantitative estimate of drug-likeness (QED) is 0.0383. The van der Waals surface area contributed by atoms with E-state index in [1.54, 1.807) is 64.6 Å². The number of nitrogens with zero attached hydrogens (tertiary/aromatic N) is 13. The van der Waals surface area contributed by atoms with Crippen LogP contribution in [-0.2, 0) is 32.9 Å². The first-order valence-corrected chi connectivity index (χ1v) is 46.7. The number of hydrogen-bond donors (Lipinski definition) is 4. The van der Waals surface area contributed by atoms with Gasteiger partial charge in [0.05, 0.1) is 65.3 Å². The van der Waals surface area contributed by atoms with Crippen LogP contribution in [0.1, 0.15) is 122 Å². The van der Waals surface area contributed by atoms with Crippen LogP contribution in [0.25, 0.3) is 66.7 Å². The second kappa shape index (κ2) is 34.2. The fourth-order valence-electron chi connectivity index (χ4n) is 18.6. The van der Waals surface area contributed by atoms with E-state index in [1.165, 1.54) is 39.5 Å². The predicted molar refractivity (Wildman–Crippen MR) is 490 cm³/mol. The van der Waals surface area contributed by atoms with E-state index >= 15 is 0 Å². The number of allylic oxidation sites excluding steroid dienone is 2. The molecule has 128 heavy (non-hydrogen) atoms. The molecule has 0 bridgehead atoms. The molecular formula is C94H93Cl2N17O13S2. The lowest BCUT2D eigenvalue weighted by Crippen LogP contribution is -2.47. The summed E-state index contributed by atoms with van der Waals surface area (Å²) in [6.07, 6.45) is 17.0. The van der Waals surface area contributed by atoms with Gasteiger partial charge in [-0.25, -0.2) is 46.2 Å². The summed E-state index contributed by atoms with van der Waals surface area (Å²) in [5.41, 5.74) is 15.0. The summed E-state index contributed by atoms with van der Waals surface area (Å²) in [4.78, 5) is 82.7. The number of benzene rings is 6. The Morgan fingerprint density at radius 3 is 1.51 bits per heavy atom. The Balaban J connectivity index is 0.000000167. The average molecular weight is 1800 g/mol. The van der Waals surface area contributed by atoms with Crippen molar-refractivity contribution in [1.29, 1.82) is 0 Å². The van der Waals surface area contributed by atoms with E-state index in [4.69, 9.17) is 37.4 Å². The Kier molecular flexibility index (Phi) is 22.7. The number of carbonyl (C=O) groups is 2. The minimum Gasteiger partial charge on any atom is -0.493 e. The van der Waals surface area contributed by atoms with E-state index in [2.05, 4.69) is 116 Å². The van der Waals surface area contributed by atoms with Gasteiger partial charge in [-0.05, 0) is 194 Å². The summed E-state index contributed by atoms with van der Waals surface area (Å²) in [5, 5.41) is 34.1. The lowest BCUT2D eigenvalue weighted by atomic mass is 9.72. The van der Waals surface area contributed by atoms with Crippen molar-refractivity contribution in [1.82, 2.24) is 63.7 Å². The lowest BCUT2D eigenvalue weighted by molar-refractivity contribution is -0.386. The number of sulfonamides is 2. The molecule has 20 rings (SSSR count). The van der Waals surface area contributed by atoms with Crippen molar-refractivity contribution in [2.45, 2.75) is 108 Å². The smallest absolute Gasteiger partial charge is 0.316 e. The van der Waals surface area contributed by atoms with Crippen LogP contribution >= 0.6 is 23.2 Å². The van der Waals surface area contributed by atoms with Gasteiger partial charge in [0.15, 0.2) is 17.0 Å². The van der Waals surface area contributed by atoms with Crippen molar-refractivity contribution < 1.29 is 50.5 Å². The number of pyridine rings is 3. The minimum atomic E-state index is -4.70. The molecule has 7 aliphatic rings. The monoisotopic (exact) mass is 1800 g/mol. The number of aromatic amines is 2. The second-order valence-electron chi connectivity index (χ2n) is 35.8. The molecule has 4 aliphatic heterocycles. The summed E-state index contributed by atoms with van der Waals surface area (Å²) >= 11 is 12.5. The molecule has 3 fully saturated rings. The van der Waals surface area contributed by atoms with Crippen LogP contribution in [0, 0.1) is 42.9 Å². The first-order valence-electron chi connectivity index (χ1n) is 43.0. The van der Waals surface area contributed by atoms with E-state index in [9.17, 15) is 46.7 Å². The fraction of sp³-hybridized carbons (Fsp3) is 0.330. The third-order valence-electron chi connectivity index (χ3n) is 25.8. The number of H-pyrrole nitrogens is 2. The number of halogens is 2. The average Bonchev–Trinajstić information content (AvgIpc) is 1.69. The number of rotatable bonds is 21. The molecule has 11 heterocycles. The van der Waals surface area contributed by atoms with E-state index in [-0.39, 0.29) is 57.4 Å². The fourth-order valence-corrected chi connectivity index (χ4v) is 20.9. The summed E-state index contributed by atoms with van der Waals surface area (Å²) in [6.45, 7) is 17.7. The van der Waals surface area contributed by atoms with Gasteiger partial charge in [0, 0.05) is 171 Å². The summed E-state index contributed by atoms with van der Waals surface area (Å²) in [7, 11) is -9.30. The zero-order valence-electron chi connectivity index (χ0n) is 70.8. The number of nitro benzene ring substituents is 2. The molecule has 0 unspecified atom stereocenters. The van der Waals surface area contributed by atoms with Gasteiger partial charge in [0.2, 0.25) is 5.75 Å². The maximum Gasteiger partial charge on any atom is 0.316 e. The first-order chi connectivity index (χ1) is 61.5. The van der Waals surface area contributed by atoms with E-state index in [0.717, 1.165) is 167 Å². The van der Waals surface area contributed by atoms with Crippen LogP contribution in [0.2, 0.25) is 10.0 Å². The van der Waals surface area contributed by atoms with Gasteiger partial charge < -0.3 is 24.0 Å². The van der Waals surface area contributed by atoms with Gasteiger partial charge in [-0.3, -0.25) is 64.2 Å². The molecule has 0 radical (unpaired) electrons. The molecule has 1 saturated carbocycles. The molecular weight excluding hydrogens is 1710 g/mol. The zero-order chi connectivity index (χ0) is 88.7. The maximum atomic E-state index is 14.3. The number of hydrogen-bond acceptors (Lipinski definition) is 22. The number of anilines is 2. The number of piperazine rings is 2. The van der Waals surface area contributed by atoms with Crippen LogP contribution in [0.5, 0.6) is 17.2 Å². The SMILES string of the molecule is CC1(C)CCC(CN2CCN(c3ccc(C(=O)NS(=O)(=O)c4cc5c(c([N+](=O)[O-])c4)C[C@@H](C4CC4)CO5)c(-n4[nH]cc5nc6nccc6cc54)c3)CC2)=C(c2ccc(Cl)cc2)C1.CC1(C)CCC(CN2CCN(c3ccc(C(=O)NS(=O)(=O)c4cc5c(c([N+](=O)[O-])c4)O[C@@H](Cc4ccccn4)CO5)c(-n4[nH]cc5nc6nccc6cc54)c3)CC2)=C(c2ccc(Cl)cc2)C1. The molecule has 0 spiro atoms. The van der Waals surface area contributed by atoms with Gasteiger partial charge in [-0.1, -0.05) is 92.4 Å². The highest BCUT2D eigenvalue weighted by Gasteiger charge is 2.41. The highest BCUT2D eigenvalue weighted by atomic mass is 35.5. The molecule has 3 aliphatic carbocycles. The second-order valence-corrected chi connectivity index (χ2v) is 40.0. The Bertz CT molecular complexity index is 6890. The third kappa shape index (κ3) is 17.7. The number of nitrogens with one attached hydrogen (secondary N) is 4. The highest BCUT2D eigenvalue weighted by molar-refractivity contribution is 7.90. The summed E-state index contributed by atoms with van der Waals surface area (Å²) in [6, 6.07) is 44.2. The highest BCUT2D eigenvalue weighted by Crippen LogP contribution is 2.49. The number of aromatic nitrogens is 9. The molecule has 30 nitrogen and oxygen atoms in total. The van der Waals surface area contributed by atoms with Crippen LogP contribution in [0.15, 0.2) is 204 Å². The Labute approximate surface area is 747 Å².